The molecule has 20 heavy (non-hydrogen) atoms. The Balaban J connectivity index is 2.13. The quantitative estimate of drug-likeness (QED) is 0.776. The van der Waals surface area contributed by atoms with Gasteiger partial charge in [0.25, 0.3) is 0 Å². The molecule has 2 aromatic rings. The minimum absolute atomic E-state index is 0.577. The minimum atomic E-state index is 0.577. The summed E-state index contributed by atoms with van der Waals surface area (Å²) in [6.07, 6.45) is 0. The zero-order chi connectivity index (χ0) is 14.5. The van der Waals surface area contributed by atoms with Gasteiger partial charge in [0.2, 0.25) is 0 Å². The van der Waals surface area contributed by atoms with E-state index >= 15 is 0 Å². The van der Waals surface area contributed by atoms with E-state index < -0.39 is 0 Å². The summed E-state index contributed by atoms with van der Waals surface area (Å²) in [6.45, 7) is 4.24. The van der Waals surface area contributed by atoms with E-state index in [0.717, 1.165) is 11.3 Å². The Bertz CT molecular complexity index is 659. The van der Waals surface area contributed by atoms with E-state index in [-0.39, 0.29) is 0 Å². The summed E-state index contributed by atoms with van der Waals surface area (Å²) in [4.78, 5) is 1.29. The van der Waals surface area contributed by atoms with Gasteiger partial charge >= 0.3 is 0 Å². The molecule has 0 saturated carbocycles. The fourth-order valence-corrected chi connectivity index (χ4v) is 2.99. The van der Waals surface area contributed by atoms with Crippen molar-refractivity contribution in [1.29, 1.82) is 5.26 Å². The molecule has 0 bridgehead atoms. The number of methoxy groups -OCH3 is 1. The van der Waals surface area contributed by atoms with Crippen molar-refractivity contribution in [3.63, 3.8) is 0 Å². The van der Waals surface area contributed by atoms with Crippen molar-refractivity contribution in [1.82, 2.24) is 0 Å². The molecule has 2 nitrogen and oxygen atoms in total. The highest BCUT2D eigenvalue weighted by atomic mass is 32.2. The Kier molecular flexibility index (Phi) is 4.70. The van der Waals surface area contributed by atoms with Crippen molar-refractivity contribution in [2.24, 2.45) is 0 Å². The van der Waals surface area contributed by atoms with Crippen LogP contribution >= 0.6 is 11.8 Å². The first-order valence-corrected chi connectivity index (χ1v) is 7.39. The fourth-order valence-electron chi connectivity index (χ4n) is 2.04. The van der Waals surface area contributed by atoms with Gasteiger partial charge in [-0.3, -0.25) is 0 Å². The maximum Gasteiger partial charge on any atom is 0.136 e. The lowest BCUT2D eigenvalue weighted by Gasteiger charge is -2.08. The van der Waals surface area contributed by atoms with Crippen molar-refractivity contribution in [3.05, 3.63) is 58.7 Å². The molecule has 2 rings (SSSR count). The van der Waals surface area contributed by atoms with E-state index in [2.05, 4.69) is 38.1 Å². The highest BCUT2D eigenvalue weighted by Gasteiger charge is 2.05. The number of hydrogen-bond acceptors (Lipinski definition) is 3. The van der Waals surface area contributed by atoms with Crippen LogP contribution in [0.5, 0.6) is 5.75 Å². The Hall–Kier alpha value is -1.92. The van der Waals surface area contributed by atoms with Crippen molar-refractivity contribution in [3.8, 4) is 11.8 Å². The average molecular weight is 283 g/mol. The van der Waals surface area contributed by atoms with Crippen LogP contribution in [-0.2, 0) is 5.75 Å². The Labute approximate surface area is 124 Å². The molecular formula is C17H17NOS. The third kappa shape index (κ3) is 3.34. The Morgan fingerprint density at radius 3 is 2.60 bits per heavy atom. The van der Waals surface area contributed by atoms with E-state index in [1.54, 1.807) is 18.9 Å². The number of aryl methyl sites for hydroxylation is 2. The molecule has 0 heterocycles. The number of nitrogens with zero attached hydrogens (tertiary/aromatic N) is 1. The normalized spacial score (nSPS) is 10.1. The summed E-state index contributed by atoms with van der Waals surface area (Å²) in [6, 6.07) is 14.4. The standard InChI is InChI=1S/C17H17NOS/c1-12-4-7-17(13(2)8-12)20-11-14-5-6-15(10-18)16(9-14)19-3/h4-9H,11H2,1-3H3. The van der Waals surface area contributed by atoms with Gasteiger partial charge in [-0.15, -0.1) is 11.8 Å². The van der Waals surface area contributed by atoms with Gasteiger partial charge in [-0.1, -0.05) is 23.8 Å². The molecule has 0 unspecified atom stereocenters. The summed E-state index contributed by atoms with van der Waals surface area (Å²) in [7, 11) is 1.59. The zero-order valence-corrected chi connectivity index (χ0v) is 12.8. The van der Waals surface area contributed by atoms with E-state index in [4.69, 9.17) is 10.00 Å². The Morgan fingerprint density at radius 2 is 1.95 bits per heavy atom. The second-order valence-corrected chi connectivity index (χ2v) is 5.72. The average Bonchev–Trinajstić information content (AvgIpc) is 2.46. The number of ether oxygens (including phenoxy) is 1. The molecule has 0 atom stereocenters. The Morgan fingerprint density at radius 1 is 1.15 bits per heavy atom. The number of hydrogen-bond donors (Lipinski definition) is 0. The predicted molar refractivity (Wildman–Crippen MR) is 83.2 cm³/mol. The summed E-state index contributed by atoms with van der Waals surface area (Å²) in [5.74, 6) is 1.51. The lowest BCUT2D eigenvalue weighted by Crippen LogP contribution is -1.90. The minimum Gasteiger partial charge on any atom is -0.495 e. The smallest absolute Gasteiger partial charge is 0.136 e. The van der Waals surface area contributed by atoms with E-state index in [0.29, 0.717) is 11.3 Å². The molecule has 0 radical (unpaired) electrons. The van der Waals surface area contributed by atoms with Crippen LogP contribution in [0.15, 0.2) is 41.3 Å². The number of benzene rings is 2. The second-order valence-electron chi connectivity index (χ2n) is 4.70. The molecule has 0 amide bonds. The molecule has 0 aliphatic carbocycles. The van der Waals surface area contributed by atoms with Crippen LogP contribution in [0.3, 0.4) is 0 Å². The second kappa shape index (κ2) is 6.49. The summed E-state index contributed by atoms with van der Waals surface area (Å²) in [5, 5.41) is 8.98. The molecule has 0 aliphatic heterocycles. The molecule has 0 fully saturated rings. The van der Waals surface area contributed by atoms with Crippen molar-refractivity contribution < 1.29 is 4.74 Å². The molecule has 0 N–H and O–H groups in total. The molecule has 102 valence electrons. The largest absolute Gasteiger partial charge is 0.495 e. The highest BCUT2D eigenvalue weighted by Crippen LogP contribution is 2.28. The highest BCUT2D eigenvalue weighted by molar-refractivity contribution is 7.98. The van der Waals surface area contributed by atoms with Crippen LogP contribution in [0.25, 0.3) is 0 Å². The maximum atomic E-state index is 8.98. The van der Waals surface area contributed by atoms with Gasteiger partial charge in [0.15, 0.2) is 0 Å². The number of rotatable bonds is 4. The van der Waals surface area contributed by atoms with Gasteiger partial charge in [0.05, 0.1) is 12.7 Å². The van der Waals surface area contributed by atoms with Crippen LogP contribution in [0.1, 0.15) is 22.3 Å². The SMILES string of the molecule is COc1cc(CSc2ccc(C)cc2C)ccc1C#N. The lowest BCUT2D eigenvalue weighted by molar-refractivity contribution is 0.413. The number of thioether (sulfide) groups is 1. The first-order chi connectivity index (χ1) is 9.63. The van der Waals surface area contributed by atoms with Gasteiger partial charge in [0, 0.05) is 10.6 Å². The first kappa shape index (κ1) is 14.5. The molecular weight excluding hydrogens is 266 g/mol. The van der Waals surface area contributed by atoms with Crippen molar-refractivity contribution in [2.45, 2.75) is 24.5 Å². The van der Waals surface area contributed by atoms with Crippen LogP contribution in [-0.4, -0.2) is 7.11 Å². The summed E-state index contributed by atoms with van der Waals surface area (Å²) < 4.78 is 5.24. The van der Waals surface area contributed by atoms with E-state index in [1.165, 1.54) is 16.0 Å². The molecule has 0 aromatic heterocycles. The molecule has 2 aromatic carbocycles. The summed E-state index contributed by atoms with van der Waals surface area (Å²) >= 11 is 1.80. The van der Waals surface area contributed by atoms with Gasteiger partial charge < -0.3 is 4.74 Å². The van der Waals surface area contributed by atoms with Gasteiger partial charge in [0.1, 0.15) is 11.8 Å². The number of nitriles is 1. The molecule has 0 aliphatic rings. The monoisotopic (exact) mass is 283 g/mol. The molecule has 0 saturated heterocycles. The van der Waals surface area contributed by atoms with Crippen LogP contribution in [0.2, 0.25) is 0 Å². The van der Waals surface area contributed by atoms with E-state index in [1.807, 2.05) is 18.2 Å². The van der Waals surface area contributed by atoms with Crippen LogP contribution in [0.4, 0.5) is 0 Å². The maximum absolute atomic E-state index is 8.98. The van der Waals surface area contributed by atoms with Crippen LogP contribution in [0, 0.1) is 25.2 Å². The first-order valence-electron chi connectivity index (χ1n) is 6.41. The van der Waals surface area contributed by atoms with Gasteiger partial charge in [-0.2, -0.15) is 5.26 Å². The lowest BCUT2D eigenvalue weighted by atomic mass is 10.1. The van der Waals surface area contributed by atoms with Crippen LogP contribution < -0.4 is 4.74 Å². The van der Waals surface area contributed by atoms with Gasteiger partial charge in [-0.05, 0) is 43.2 Å². The van der Waals surface area contributed by atoms with Crippen molar-refractivity contribution in [2.75, 3.05) is 7.11 Å². The van der Waals surface area contributed by atoms with Gasteiger partial charge in [-0.25, -0.2) is 0 Å². The van der Waals surface area contributed by atoms with E-state index in [9.17, 15) is 0 Å². The third-order valence-corrected chi connectivity index (χ3v) is 4.36. The molecule has 3 heteroatoms. The van der Waals surface area contributed by atoms with Crippen molar-refractivity contribution >= 4 is 11.8 Å². The zero-order valence-electron chi connectivity index (χ0n) is 11.9. The topological polar surface area (TPSA) is 33.0 Å². The predicted octanol–water partition coefficient (Wildman–Crippen LogP) is 4.48. The fraction of sp³-hybridized carbons (Fsp3) is 0.235. The third-order valence-electron chi connectivity index (χ3n) is 3.11. The summed E-state index contributed by atoms with van der Waals surface area (Å²) in [5.41, 5.74) is 4.32. The molecule has 0 spiro atoms.